The van der Waals surface area contributed by atoms with Crippen LogP contribution in [-0.4, -0.2) is 21.5 Å². The molecular formula is C12H28O2Si. The summed E-state index contributed by atoms with van der Waals surface area (Å²) in [7, 11) is -1.52. The van der Waals surface area contributed by atoms with Gasteiger partial charge >= 0.3 is 9.28 Å². The molecule has 0 fully saturated rings. The molecule has 0 N–H and O–H groups in total. The molecule has 0 bridgehead atoms. The van der Waals surface area contributed by atoms with Gasteiger partial charge in [0.15, 0.2) is 0 Å². The Hall–Kier alpha value is 0.137. The van der Waals surface area contributed by atoms with Gasteiger partial charge in [0.1, 0.15) is 0 Å². The third-order valence-corrected chi connectivity index (χ3v) is 6.06. The zero-order valence-corrected chi connectivity index (χ0v) is 12.6. The molecule has 0 aliphatic carbocycles. The summed E-state index contributed by atoms with van der Waals surface area (Å²) in [5, 5.41) is 0. The van der Waals surface area contributed by atoms with Crippen molar-refractivity contribution in [3.05, 3.63) is 0 Å². The summed E-state index contributed by atoms with van der Waals surface area (Å²) in [6.07, 6.45) is 1.73. The van der Waals surface area contributed by atoms with Crippen molar-refractivity contribution in [3.8, 4) is 0 Å². The lowest BCUT2D eigenvalue weighted by Gasteiger charge is -2.30. The number of hydrogen-bond acceptors (Lipinski definition) is 2. The first kappa shape index (κ1) is 15.1. The summed E-state index contributed by atoms with van der Waals surface area (Å²) in [4.78, 5) is 0. The normalized spacial score (nSPS) is 14.6. The maximum absolute atomic E-state index is 5.99. The molecule has 0 aliphatic rings. The average molecular weight is 232 g/mol. The van der Waals surface area contributed by atoms with Crippen molar-refractivity contribution in [1.29, 1.82) is 0 Å². The van der Waals surface area contributed by atoms with E-state index in [1.807, 2.05) is 0 Å². The highest BCUT2D eigenvalue weighted by molar-refractivity contribution is 6.46. The second-order valence-electron chi connectivity index (χ2n) is 5.05. The SMILES string of the molecule is CCC(C(C)C)[SiH](OC(C)C)OC(C)C. The maximum Gasteiger partial charge on any atom is 0.325 e. The van der Waals surface area contributed by atoms with Gasteiger partial charge < -0.3 is 8.85 Å². The van der Waals surface area contributed by atoms with E-state index in [4.69, 9.17) is 8.85 Å². The largest absolute Gasteiger partial charge is 0.394 e. The first-order chi connectivity index (χ1) is 6.88. The minimum atomic E-state index is -1.52. The molecular weight excluding hydrogens is 204 g/mol. The second kappa shape index (κ2) is 7.42. The van der Waals surface area contributed by atoms with Gasteiger partial charge in [-0.05, 0) is 33.6 Å². The zero-order chi connectivity index (χ0) is 12.0. The van der Waals surface area contributed by atoms with Crippen molar-refractivity contribution in [1.82, 2.24) is 0 Å². The van der Waals surface area contributed by atoms with E-state index in [0.29, 0.717) is 11.5 Å². The highest BCUT2D eigenvalue weighted by Crippen LogP contribution is 2.27. The van der Waals surface area contributed by atoms with Gasteiger partial charge in [-0.1, -0.05) is 27.2 Å². The van der Waals surface area contributed by atoms with Crippen molar-refractivity contribution in [2.45, 2.75) is 72.6 Å². The molecule has 92 valence electrons. The van der Waals surface area contributed by atoms with E-state index in [1.54, 1.807) is 0 Å². The van der Waals surface area contributed by atoms with Gasteiger partial charge in [0.05, 0.1) is 0 Å². The lowest BCUT2D eigenvalue weighted by atomic mass is 10.1. The molecule has 0 aromatic carbocycles. The van der Waals surface area contributed by atoms with Gasteiger partial charge in [0.25, 0.3) is 0 Å². The molecule has 15 heavy (non-hydrogen) atoms. The van der Waals surface area contributed by atoms with Crippen LogP contribution in [0.4, 0.5) is 0 Å². The van der Waals surface area contributed by atoms with Gasteiger partial charge in [-0.15, -0.1) is 0 Å². The lowest BCUT2D eigenvalue weighted by Crippen LogP contribution is -2.36. The molecule has 1 unspecified atom stereocenters. The molecule has 0 amide bonds. The van der Waals surface area contributed by atoms with E-state index in [9.17, 15) is 0 Å². The minimum absolute atomic E-state index is 0.285. The third-order valence-electron chi connectivity index (χ3n) is 2.49. The molecule has 3 heteroatoms. The van der Waals surface area contributed by atoms with Crippen LogP contribution in [0.1, 0.15) is 54.9 Å². The average Bonchev–Trinajstić information content (AvgIpc) is 2.01. The van der Waals surface area contributed by atoms with Crippen molar-refractivity contribution in [2.24, 2.45) is 5.92 Å². The van der Waals surface area contributed by atoms with Crippen molar-refractivity contribution in [3.63, 3.8) is 0 Å². The number of hydrogen-bond donors (Lipinski definition) is 0. The first-order valence-corrected chi connectivity index (χ1v) is 7.80. The quantitative estimate of drug-likeness (QED) is 0.626. The first-order valence-electron chi connectivity index (χ1n) is 6.19. The molecule has 2 nitrogen and oxygen atoms in total. The van der Waals surface area contributed by atoms with Crippen LogP contribution in [0.3, 0.4) is 0 Å². The Labute approximate surface area is 97.2 Å². The van der Waals surface area contributed by atoms with E-state index >= 15 is 0 Å². The van der Waals surface area contributed by atoms with Crippen molar-refractivity contribution in [2.75, 3.05) is 0 Å². The minimum Gasteiger partial charge on any atom is -0.394 e. The summed E-state index contributed by atoms with van der Waals surface area (Å²) in [5.74, 6) is 0.657. The van der Waals surface area contributed by atoms with Crippen LogP contribution >= 0.6 is 0 Å². The summed E-state index contributed by atoms with van der Waals surface area (Å²) in [6, 6.07) is 0. The monoisotopic (exact) mass is 232 g/mol. The summed E-state index contributed by atoms with van der Waals surface area (Å²) in [5.41, 5.74) is 0.620. The molecule has 0 aromatic rings. The molecule has 1 atom stereocenters. The van der Waals surface area contributed by atoms with Crippen LogP contribution in [0.25, 0.3) is 0 Å². The van der Waals surface area contributed by atoms with Crippen LogP contribution in [0.15, 0.2) is 0 Å². The van der Waals surface area contributed by atoms with Crippen LogP contribution in [0.2, 0.25) is 5.54 Å². The molecule has 0 aromatic heterocycles. The van der Waals surface area contributed by atoms with Gasteiger partial charge in [0.2, 0.25) is 0 Å². The fourth-order valence-electron chi connectivity index (χ4n) is 1.75. The fourth-order valence-corrected chi connectivity index (χ4v) is 4.30. The molecule has 0 radical (unpaired) electrons. The third kappa shape index (κ3) is 6.33. The Balaban J connectivity index is 4.43. The smallest absolute Gasteiger partial charge is 0.325 e. The predicted molar refractivity (Wildman–Crippen MR) is 68.5 cm³/mol. The van der Waals surface area contributed by atoms with Crippen LogP contribution in [0.5, 0.6) is 0 Å². The Morgan fingerprint density at radius 3 is 1.47 bits per heavy atom. The maximum atomic E-state index is 5.99. The molecule has 0 saturated heterocycles. The predicted octanol–water partition coefficient (Wildman–Crippen LogP) is 3.49. The zero-order valence-electron chi connectivity index (χ0n) is 11.4. The number of rotatable bonds is 7. The summed E-state index contributed by atoms with van der Waals surface area (Å²) in [6.45, 7) is 15.1. The summed E-state index contributed by atoms with van der Waals surface area (Å²) >= 11 is 0. The van der Waals surface area contributed by atoms with Gasteiger partial charge in [-0.25, -0.2) is 0 Å². The Morgan fingerprint density at radius 1 is 0.867 bits per heavy atom. The molecule has 0 rings (SSSR count). The standard InChI is InChI=1S/C12H28O2Si/c1-8-12(9(2)3)15(13-10(4)5)14-11(6)7/h9-12,15H,8H2,1-7H3. The van der Waals surface area contributed by atoms with Crippen LogP contribution in [-0.2, 0) is 8.85 Å². The molecule has 0 heterocycles. The molecule has 0 aliphatic heterocycles. The van der Waals surface area contributed by atoms with Crippen molar-refractivity contribution < 1.29 is 8.85 Å². The van der Waals surface area contributed by atoms with E-state index in [1.165, 1.54) is 0 Å². The van der Waals surface area contributed by atoms with Crippen LogP contribution in [0, 0.1) is 5.92 Å². The fraction of sp³-hybridized carbons (Fsp3) is 1.00. The molecule has 0 spiro atoms. The second-order valence-corrected chi connectivity index (χ2v) is 7.19. The highest BCUT2D eigenvalue weighted by atomic mass is 28.3. The van der Waals surface area contributed by atoms with Gasteiger partial charge in [-0.3, -0.25) is 0 Å². The van der Waals surface area contributed by atoms with Crippen LogP contribution < -0.4 is 0 Å². The Bertz CT molecular complexity index is 148. The Kier molecular flexibility index (Phi) is 7.48. The summed E-state index contributed by atoms with van der Waals surface area (Å²) < 4.78 is 12.0. The van der Waals surface area contributed by atoms with Gasteiger partial charge in [-0.2, -0.15) is 0 Å². The topological polar surface area (TPSA) is 18.5 Å². The Morgan fingerprint density at radius 2 is 1.27 bits per heavy atom. The van der Waals surface area contributed by atoms with E-state index < -0.39 is 9.28 Å². The van der Waals surface area contributed by atoms with E-state index in [-0.39, 0.29) is 12.2 Å². The molecule has 0 saturated carbocycles. The highest BCUT2D eigenvalue weighted by Gasteiger charge is 2.29. The lowest BCUT2D eigenvalue weighted by molar-refractivity contribution is 0.117. The van der Waals surface area contributed by atoms with Gasteiger partial charge in [0, 0.05) is 17.7 Å². The van der Waals surface area contributed by atoms with E-state index in [0.717, 1.165) is 6.42 Å². The van der Waals surface area contributed by atoms with Crippen molar-refractivity contribution >= 4 is 9.28 Å². The van der Waals surface area contributed by atoms with E-state index in [2.05, 4.69) is 48.5 Å².